The van der Waals surface area contributed by atoms with Crippen molar-refractivity contribution in [1.29, 1.82) is 0 Å². The van der Waals surface area contributed by atoms with Gasteiger partial charge in [-0.1, -0.05) is 322 Å². The van der Waals surface area contributed by atoms with E-state index in [2.05, 4.69) is 13.8 Å². The molecule has 0 amide bonds. The molecule has 0 fully saturated rings. The van der Waals surface area contributed by atoms with Crippen LogP contribution in [-0.4, -0.2) is 22.1 Å². The Hall–Kier alpha value is -0.891. The molecule has 0 saturated carbocycles. The molecule has 0 aliphatic rings. The van der Waals surface area contributed by atoms with Gasteiger partial charge in [-0.2, -0.15) is 0 Å². The summed E-state index contributed by atoms with van der Waals surface area (Å²) in [4.78, 5) is 20.6. The fourth-order valence-corrected chi connectivity index (χ4v) is 8.82. The first-order chi connectivity index (χ1) is 29.5. The van der Waals surface area contributed by atoms with Gasteiger partial charge >= 0.3 is 10.1 Å². The van der Waals surface area contributed by atoms with Crippen molar-refractivity contribution in [3.05, 3.63) is 0 Å². The molecule has 61 heavy (non-hydrogen) atoms. The number of carbonyl (C=O) groups is 2. The first-order valence-corrected chi connectivity index (χ1v) is 27.9. The van der Waals surface area contributed by atoms with Crippen molar-refractivity contribution >= 4 is 22.1 Å². The van der Waals surface area contributed by atoms with Gasteiger partial charge in [0.2, 0.25) is 0 Å². The Morgan fingerprint density at radius 2 is 0.311 bits per heavy atom. The Morgan fingerprint density at radius 3 is 0.410 bits per heavy atom. The van der Waals surface area contributed by atoms with E-state index in [4.69, 9.17) is 0 Å². The third-order valence-corrected chi connectivity index (χ3v) is 13.0. The van der Waals surface area contributed by atoms with Gasteiger partial charge in [-0.25, -0.2) is 0 Å². The van der Waals surface area contributed by atoms with Crippen molar-refractivity contribution < 1.29 is 19.8 Å². The summed E-state index contributed by atoms with van der Waals surface area (Å²) in [6.07, 6.45) is 69.3. The molecule has 0 radical (unpaired) electrons. The Labute approximate surface area is 388 Å². The summed E-state index contributed by atoms with van der Waals surface area (Å²) in [5, 5.41) is 20.6. The first kappa shape index (κ1) is 64.4. The molecule has 0 aliphatic heterocycles. The number of aliphatic carboxylic acids is 2. The fourth-order valence-electron chi connectivity index (χ4n) is 8.82. The minimum absolute atomic E-state index is 0. The SMILES string of the molecule is CCCCCCCCCCCCCCCCCCCCCCCCCCCC(=O)[O-].CCCCCCCCCCCCCCCCCCCCCCCCCCCC(=O)[O-].[Be+2]. The minimum atomic E-state index is -0.899. The van der Waals surface area contributed by atoms with Gasteiger partial charge in [-0.3, -0.25) is 0 Å². The molecule has 0 saturated heterocycles. The van der Waals surface area contributed by atoms with Crippen molar-refractivity contribution in [2.75, 3.05) is 0 Å². The molecule has 0 aliphatic carbocycles. The Balaban J connectivity index is -0.00000109. The zero-order chi connectivity index (χ0) is 43.9. The van der Waals surface area contributed by atoms with E-state index in [1.807, 2.05) is 0 Å². The van der Waals surface area contributed by atoms with Crippen LogP contribution < -0.4 is 10.2 Å². The molecular weight excluding hydrogens is 746 g/mol. The van der Waals surface area contributed by atoms with Gasteiger partial charge in [0, 0.05) is 11.9 Å². The van der Waals surface area contributed by atoms with E-state index in [9.17, 15) is 19.8 Å². The van der Waals surface area contributed by atoms with Crippen LogP contribution in [0.15, 0.2) is 0 Å². The van der Waals surface area contributed by atoms with Gasteiger partial charge in [0.25, 0.3) is 0 Å². The van der Waals surface area contributed by atoms with Gasteiger partial charge in [0.1, 0.15) is 0 Å². The van der Waals surface area contributed by atoms with Gasteiger partial charge < -0.3 is 19.8 Å². The Kier molecular flexibility index (Phi) is 64.6. The van der Waals surface area contributed by atoms with Gasteiger partial charge in [-0.15, -0.1) is 0 Å². The molecule has 4 nitrogen and oxygen atoms in total. The largest absolute Gasteiger partial charge is 2.00 e. The summed E-state index contributed by atoms with van der Waals surface area (Å²) in [5.74, 6) is -1.80. The number of carboxylic acids is 2. The van der Waals surface area contributed by atoms with Crippen LogP contribution >= 0.6 is 0 Å². The first-order valence-electron chi connectivity index (χ1n) is 27.9. The predicted molar refractivity (Wildman–Crippen MR) is 267 cm³/mol. The number of hydrogen-bond acceptors (Lipinski definition) is 4. The quantitative estimate of drug-likeness (QED) is 0.0451. The van der Waals surface area contributed by atoms with Crippen LogP contribution in [0.5, 0.6) is 0 Å². The number of carboxylic acid groups (broad SMARTS) is 2. The zero-order valence-electron chi connectivity index (χ0n) is 42.1. The van der Waals surface area contributed by atoms with Crippen molar-refractivity contribution in [2.45, 2.75) is 348 Å². The Morgan fingerprint density at radius 1 is 0.213 bits per heavy atom. The van der Waals surface area contributed by atoms with E-state index >= 15 is 0 Å². The van der Waals surface area contributed by atoms with Crippen LogP contribution in [-0.2, 0) is 9.59 Å². The van der Waals surface area contributed by atoms with Crippen molar-refractivity contribution in [3.63, 3.8) is 0 Å². The summed E-state index contributed by atoms with van der Waals surface area (Å²) in [5.41, 5.74) is 0. The van der Waals surface area contributed by atoms with E-state index in [1.54, 1.807) is 0 Å². The minimum Gasteiger partial charge on any atom is -0.550 e. The van der Waals surface area contributed by atoms with Crippen LogP contribution in [0.1, 0.15) is 348 Å². The maximum absolute atomic E-state index is 10.3. The third kappa shape index (κ3) is 68.3. The molecule has 0 N–H and O–H groups in total. The van der Waals surface area contributed by atoms with Crippen molar-refractivity contribution in [1.82, 2.24) is 0 Å². The van der Waals surface area contributed by atoms with Gasteiger partial charge in [-0.05, 0) is 25.7 Å². The second-order valence-electron chi connectivity index (χ2n) is 19.2. The molecule has 0 unspecified atom stereocenters. The summed E-state index contributed by atoms with van der Waals surface area (Å²) >= 11 is 0. The third-order valence-electron chi connectivity index (χ3n) is 13.0. The Bertz CT molecular complexity index is 725. The van der Waals surface area contributed by atoms with Crippen LogP contribution in [0.4, 0.5) is 0 Å². The van der Waals surface area contributed by atoms with E-state index in [0.29, 0.717) is 0 Å². The van der Waals surface area contributed by atoms with Gasteiger partial charge in [0.15, 0.2) is 0 Å². The van der Waals surface area contributed by atoms with Crippen molar-refractivity contribution in [2.24, 2.45) is 0 Å². The maximum atomic E-state index is 10.3. The summed E-state index contributed by atoms with van der Waals surface area (Å²) in [7, 11) is 0. The second kappa shape index (κ2) is 61.2. The summed E-state index contributed by atoms with van der Waals surface area (Å²) < 4.78 is 0. The molecule has 0 atom stereocenters. The topological polar surface area (TPSA) is 80.3 Å². The molecule has 360 valence electrons. The molecule has 0 aromatic rings. The monoisotopic (exact) mass is 856 g/mol. The number of hydrogen-bond donors (Lipinski definition) is 0. The fraction of sp³-hybridized carbons (Fsp3) is 0.964. The summed E-state index contributed by atoms with van der Waals surface area (Å²) in [6, 6.07) is 0. The second-order valence-corrected chi connectivity index (χ2v) is 19.2. The normalized spacial score (nSPS) is 11.0. The van der Waals surface area contributed by atoms with Crippen LogP contribution in [0.2, 0.25) is 0 Å². The average Bonchev–Trinajstić information content (AvgIpc) is 3.23. The molecule has 0 rings (SSSR count). The van der Waals surface area contributed by atoms with E-state index in [1.165, 1.54) is 295 Å². The summed E-state index contributed by atoms with van der Waals surface area (Å²) in [6.45, 7) is 4.59. The molecular formula is C56H110BeO4. The van der Waals surface area contributed by atoms with E-state index < -0.39 is 11.9 Å². The standard InChI is InChI=1S/2C28H56O2.Be/c2*1-2-3-4-5-6-7-8-9-10-11-12-13-14-15-16-17-18-19-20-21-22-23-24-25-26-27-28(29)30;/h2*2-27H2,1H3,(H,29,30);/q;;+2/p-2. The van der Waals surface area contributed by atoms with Crippen molar-refractivity contribution in [3.8, 4) is 0 Å². The van der Waals surface area contributed by atoms with Crippen LogP contribution in [0.25, 0.3) is 0 Å². The van der Waals surface area contributed by atoms with Gasteiger partial charge in [0.05, 0.1) is 0 Å². The number of carbonyl (C=O) groups excluding carboxylic acids is 2. The molecule has 0 aromatic carbocycles. The zero-order valence-corrected chi connectivity index (χ0v) is 42.1. The average molecular weight is 857 g/mol. The predicted octanol–water partition coefficient (Wildman–Crippen LogP) is 17.4. The number of rotatable bonds is 52. The molecule has 0 bridgehead atoms. The number of unbranched alkanes of at least 4 members (excludes halogenated alkanes) is 48. The molecule has 0 spiro atoms. The molecule has 5 heteroatoms. The molecule has 0 heterocycles. The van der Waals surface area contributed by atoms with Crippen LogP contribution in [0.3, 0.4) is 0 Å². The van der Waals surface area contributed by atoms with Crippen LogP contribution in [0, 0.1) is 0 Å². The maximum Gasteiger partial charge on any atom is 2.00 e. The smallest absolute Gasteiger partial charge is 0.550 e. The van der Waals surface area contributed by atoms with E-state index in [0.717, 1.165) is 25.7 Å². The molecule has 0 aromatic heterocycles. The van der Waals surface area contributed by atoms with E-state index in [-0.39, 0.29) is 23.0 Å².